The van der Waals surface area contributed by atoms with Gasteiger partial charge in [0.15, 0.2) is 0 Å². The highest BCUT2D eigenvalue weighted by atomic mass is 19.1. The van der Waals surface area contributed by atoms with E-state index in [0.29, 0.717) is 5.52 Å². The summed E-state index contributed by atoms with van der Waals surface area (Å²) in [5, 5.41) is 13.2. The molecule has 0 aliphatic rings. The number of carboxylic acid groups (broad SMARTS) is 1. The molecule has 0 bridgehead atoms. The Hall–Kier alpha value is -3.02. The van der Waals surface area contributed by atoms with E-state index in [4.69, 9.17) is 5.11 Å². The molecule has 0 unspecified atom stereocenters. The molecular formula is C16H11FN2O3. The SMILES string of the molecule is Cc1ccc2c(c1)c(=O)c(C(=O)O)nn2-c1ccccc1F. The summed E-state index contributed by atoms with van der Waals surface area (Å²) in [6.07, 6.45) is 0. The number of fused-ring (bicyclic) bond motifs is 1. The quantitative estimate of drug-likeness (QED) is 0.789. The van der Waals surface area contributed by atoms with Gasteiger partial charge in [0.25, 0.3) is 0 Å². The molecule has 0 fully saturated rings. The van der Waals surface area contributed by atoms with Crippen LogP contribution in [0.5, 0.6) is 0 Å². The molecule has 0 amide bonds. The number of benzene rings is 2. The topological polar surface area (TPSA) is 72.2 Å². The van der Waals surface area contributed by atoms with Gasteiger partial charge in [-0.2, -0.15) is 5.10 Å². The molecular weight excluding hydrogens is 287 g/mol. The van der Waals surface area contributed by atoms with Gasteiger partial charge in [-0.25, -0.2) is 13.9 Å². The van der Waals surface area contributed by atoms with Gasteiger partial charge in [-0.1, -0.05) is 23.8 Å². The van der Waals surface area contributed by atoms with Gasteiger partial charge in [-0.3, -0.25) is 4.79 Å². The van der Waals surface area contributed by atoms with Crippen molar-refractivity contribution in [3.8, 4) is 5.69 Å². The maximum Gasteiger partial charge on any atom is 0.360 e. The third-order valence-corrected chi connectivity index (χ3v) is 3.32. The van der Waals surface area contributed by atoms with E-state index in [1.54, 1.807) is 31.2 Å². The van der Waals surface area contributed by atoms with Crippen molar-refractivity contribution in [1.82, 2.24) is 9.78 Å². The predicted octanol–water partition coefficient (Wildman–Crippen LogP) is 2.53. The van der Waals surface area contributed by atoms with Crippen molar-refractivity contribution in [3.05, 3.63) is 69.8 Å². The van der Waals surface area contributed by atoms with Crippen LogP contribution in [0, 0.1) is 12.7 Å². The van der Waals surface area contributed by atoms with E-state index >= 15 is 0 Å². The molecule has 1 aromatic heterocycles. The minimum atomic E-state index is -1.45. The third-order valence-electron chi connectivity index (χ3n) is 3.32. The summed E-state index contributed by atoms with van der Waals surface area (Å²) in [6, 6.07) is 10.8. The van der Waals surface area contributed by atoms with Crippen LogP contribution in [0.4, 0.5) is 4.39 Å². The zero-order valence-corrected chi connectivity index (χ0v) is 11.6. The lowest BCUT2D eigenvalue weighted by atomic mass is 10.1. The molecule has 1 heterocycles. The van der Waals surface area contributed by atoms with Crippen LogP contribution >= 0.6 is 0 Å². The van der Waals surface area contributed by atoms with Crippen molar-refractivity contribution < 1.29 is 14.3 Å². The maximum atomic E-state index is 14.0. The Morgan fingerprint density at radius 3 is 2.64 bits per heavy atom. The summed E-state index contributed by atoms with van der Waals surface area (Å²) in [6.45, 7) is 1.78. The number of aryl methyl sites for hydroxylation is 1. The highest BCUT2D eigenvalue weighted by Gasteiger charge is 2.18. The van der Waals surface area contributed by atoms with Gasteiger partial charge in [0, 0.05) is 0 Å². The fourth-order valence-corrected chi connectivity index (χ4v) is 2.29. The number of nitrogens with zero attached hydrogens (tertiary/aromatic N) is 2. The Morgan fingerprint density at radius 2 is 1.95 bits per heavy atom. The van der Waals surface area contributed by atoms with Crippen molar-refractivity contribution in [2.24, 2.45) is 0 Å². The lowest BCUT2D eigenvalue weighted by molar-refractivity contribution is 0.0687. The summed E-state index contributed by atoms with van der Waals surface area (Å²) >= 11 is 0. The number of para-hydroxylation sites is 1. The Bertz CT molecular complexity index is 963. The largest absolute Gasteiger partial charge is 0.476 e. The number of aromatic nitrogens is 2. The fraction of sp³-hybridized carbons (Fsp3) is 0.0625. The molecule has 2 aromatic carbocycles. The molecule has 6 heteroatoms. The first-order valence-corrected chi connectivity index (χ1v) is 6.51. The lowest BCUT2D eigenvalue weighted by Gasteiger charge is -2.12. The van der Waals surface area contributed by atoms with Gasteiger partial charge in [-0.05, 0) is 31.2 Å². The average Bonchev–Trinajstić information content (AvgIpc) is 2.48. The standard InChI is InChI=1S/C16H11FN2O3/c1-9-6-7-12-10(8-9)15(20)14(16(21)22)18-19(12)13-5-3-2-4-11(13)17/h2-8H,1H3,(H,21,22). The molecule has 0 radical (unpaired) electrons. The second kappa shape index (κ2) is 5.07. The van der Waals surface area contributed by atoms with Crippen molar-refractivity contribution in [2.75, 3.05) is 0 Å². The van der Waals surface area contributed by atoms with Crippen LogP contribution in [0.15, 0.2) is 47.3 Å². The first-order chi connectivity index (χ1) is 10.5. The number of hydrogen-bond donors (Lipinski definition) is 1. The van der Waals surface area contributed by atoms with Gasteiger partial charge >= 0.3 is 5.97 Å². The van der Waals surface area contributed by atoms with Crippen LogP contribution < -0.4 is 5.43 Å². The normalized spacial score (nSPS) is 10.8. The van der Waals surface area contributed by atoms with E-state index in [2.05, 4.69) is 5.10 Å². The monoisotopic (exact) mass is 298 g/mol. The van der Waals surface area contributed by atoms with Crippen LogP contribution in [-0.2, 0) is 0 Å². The van der Waals surface area contributed by atoms with E-state index in [1.807, 2.05) is 0 Å². The molecule has 0 aliphatic carbocycles. The summed E-state index contributed by atoms with van der Waals surface area (Å²) in [5.41, 5.74) is -0.0862. The molecule has 3 rings (SSSR count). The molecule has 22 heavy (non-hydrogen) atoms. The second-order valence-electron chi connectivity index (χ2n) is 4.87. The lowest BCUT2D eigenvalue weighted by Crippen LogP contribution is -2.22. The number of hydrogen-bond acceptors (Lipinski definition) is 3. The molecule has 0 atom stereocenters. The van der Waals surface area contributed by atoms with E-state index < -0.39 is 22.9 Å². The number of halogens is 1. The Morgan fingerprint density at radius 1 is 1.23 bits per heavy atom. The number of carbonyl (C=O) groups is 1. The van der Waals surface area contributed by atoms with E-state index in [0.717, 1.165) is 10.2 Å². The van der Waals surface area contributed by atoms with Crippen LogP contribution in [0.1, 0.15) is 16.1 Å². The van der Waals surface area contributed by atoms with Crippen molar-refractivity contribution >= 4 is 16.9 Å². The summed E-state index contributed by atoms with van der Waals surface area (Å²) in [7, 11) is 0. The van der Waals surface area contributed by atoms with Crippen LogP contribution in [-0.4, -0.2) is 20.9 Å². The highest BCUT2D eigenvalue weighted by molar-refractivity contribution is 5.91. The van der Waals surface area contributed by atoms with Gasteiger partial charge in [0.05, 0.1) is 10.9 Å². The highest BCUT2D eigenvalue weighted by Crippen LogP contribution is 2.19. The molecule has 0 saturated carbocycles. The van der Waals surface area contributed by atoms with Gasteiger partial charge in [-0.15, -0.1) is 0 Å². The maximum absolute atomic E-state index is 14.0. The zero-order valence-electron chi connectivity index (χ0n) is 11.6. The molecule has 0 aliphatic heterocycles. The first kappa shape index (κ1) is 13.9. The second-order valence-corrected chi connectivity index (χ2v) is 4.87. The Balaban J connectivity index is 2.49. The van der Waals surface area contributed by atoms with Crippen molar-refractivity contribution in [1.29, 1.82) is 0 Å². The molecule has 3 aromatic rings. The molecule has 0 saturated heterocycles. The number of aromatic carboxylic acids is 1. The zero-order chi connectivity index (χ0) is 15.9. The Labute approximate surface area is 124 Å². The smallest absolute Gasteiger partial charge is 0.360 e. The minimum absolute atomic E-state index is 0.0823. The van der Waals surface area contributed by atoms with Crippen LogP contribution in [0.25, 0.3) is 16.6 Å². The Kier molecular flexibility index (Phi) is 3.21. The van der Waals surface area contributed by atoms with E-state index in [9.17, 15) is 14.0 Å². The summed E-state index contributed by atoms with van der Waals surface area (Å²) in [5.74, 6) is -2.00. The molecule has 5 nitrogen and oxygen atoms in total. The molecule has 110 valence electrons. The van der Waals surface area contributed by atoms with Crippen LogP contribution in [0.3, 0.4) is 0 Å². The van der Waals surface area contributed by atoms with Crippen LogP contribution in [0.2, 0.25) is 0 Å². The minimum Gasteiger partial charge on any atom is -0.476 e. The van der Waals surface area contributed by atoms with Gasteiger partial charge in [0.2, 0.25) is 11.1 Å². The predicted molar refractivity (Wildman–Crippen MR) is 79.0 cm³/mol. The van der Waals surface area contributed by atoms with E-state index in [1.165, 1.54) is 18.2 Å². The number of rotatable bonds is 2. The van der Waals surface area contributed by atoms with Crippen molar-refractivity contribution in [3.63, 3.8) is 0 Å². The van der Waals surface area contributed by atoms with Gasteiger partial charge in [0.1, 0.15) is 11.5 Å². The van der Waals surface area contributed by atoms with Crippen molar-refractivity contribution in [2.45, 2.75) is 6.92 Å². The average molecular weight is 298 g/mol. The van der Waals surface area contributed by atoms with E-state index in [-0.39, 0.29) is 11.1 Å². The fourth-order valence-electron chi connectivity index (χ4n) is 2.29. The number of carboxylic acids is 1. The molecule has 1 N–H and O–H groups in total. The summed E-state index contributed by atoms with van der Waals surface area (Å²) < 4.78 is 15.2. The summed E-state index contributed by atoms with van der Waals surface area (Å²) in [4.78, 5) is 23.5. The third kappa shape index (κ3) is 2.14. The molecule has 0 spiro atoms. The first-order valence-electron chi connectivity index (χ1n) is 6.51. The van der Waals surface area contributed by atoms with Gasteiger partial charge < -0.3 is 5.11 Å².